The van der Waals surface area contributed by atoms with E-state index in [9.17, 15) is 5.11 Å². The molecule has 0 spiro atoms. The van der Waals surface area contributed by atoms with E-state index < -0.39 is 0 Å². The van der Waals surface area contributed by atoms with Gasteiger partial charge >= 0.3 is 0 Å². The predicted octanol–water partition coefficient (Wildman–Crippen LogP) is 3.37. The van der Waals surface area contributed by atoms with Crippen molar-refractivity contribution in [2.45, 2.75) is 6.92 Å². The van der Waals surface area contributed by atoms with E-state index in [0.717, 1.165) is 5.75 Å². The molecule has 2 rings (SSSR count). The molecule has 0 saturated carbocycles. The van der Waals surface area contributed by atoms with Gasteiger partial charge in [-0.1, -0.05) is 17.3 Å². The molecule has 0 unspecified atom stereocenters. The van der Waals surface area contributed by atoms with Crippen LogP contribution in [-0.4, -0.2) is 28.8 Å². The van der Waals surface area contributed by atoms with E-state index in [1.807, 2.05) is 6.92 Å². The monoisotopic (exact) mass is 284 g/mol. The highest BCUT2D eigenvalue weighted by atomic mass is 16.5. The van der Waals surface area contributed by atoms with Gasteiger partial charge in [-0.25, -0.2) is 0 Å². The topological polar surface area (TPSA) is 74.4 Å². The molecule has 0 aliphatic rings. The van der Waals surface area contributed by atoms with Crippen LogP contribution in [0.15, 0.2) is 58.7 Å². The minimum absolute atomic E-state index is 0.0673. The van der Waals surface area contributed by atoms with Gasteiger partial charge in [0.15, 0.2) is 0 Å². The van der Waals surface area contributed by atoms with Gasteiger partial charge < -0.3 is 15.1 Å². The number of oxime groups is 1. The van der Waals surface area contributed by atoms with E-state index in [-0.39, 0.29) is 5.75 Å². The van der Waals surface area contributed by atoms with Gasteiger partial charge in [0.2, 0.25) is 0 Å². The largest absolute Gasteiger partial charge is 0.506 e. The first-order chi connectivity index (χ1) is 10.2. The van der Waals surface area contributed by atoms with Gasteiger partial charge in [-0.05, 0) is 43.3 Å². The summed E-state index contributed by atoms with van der Waals surface area (Å²) in [6.07, 6.45) is 1.39. The summed E-state index contributed by atoms with van der Waals surface area (Å²) < 4.78 is 5.35. The number of hydrogen-bond donors (Lipinski definition) is 2. The van der Waals surface area contributed by atoms with Gasteiger partial charge in [0.25, 0.3) is 0 Å². The van der Waals surface area contributed by atoms with Gasteiger partial charge in [-0.3, -0.25) is 4.99 Å². The molecule has 0 bridgehead atoms. The van der Waals surface area contributed by atoms with Crippen LogP contribution in [0.1, 0.15) is 12.5 Å². The van der Waals surface area contributed by atoms with E-state index in [0.29, 0.717) is 23.6 Å². The minimum atomic E-state index is 0.0673. The highest BCUT2D eigenvalue weighted by molar-refractivity contribution is 6.38. The molecule has 5 heteroatoms. The number of phenols is 1. The van der Waals surface area contributed by atoms with Crippen molar-refractivity contribution in [3.05, 3.63) is 54.1 Å². The molecule has 2 aromatic rings. The van der Waals surface area contributed by atoms with Crippen LogP contribution in [0.2, 0.25) is 0 Å². The summed E-state index contributed by atoms with van der Waals surface area (Å²) in [6, 6.07) is 13.8. The first-order valence-corrected chi connectivity index (χ1v) is 6.52. The van der Waals surface area contributed by atoms with Gasteiger partial charge in [-0.2, -0.15) is 0 Å². The fourth-order valence-electron chi connectivity index (χ4n) is 1.75. The number of benzene rings is 2. The normalized spacial score (nSPS) is 11.8. The molecule has 0 heterocycles. The van der Waals surface area contributed by atoms with Crippen molar-refractivity contribution in [2.24, 2.45) is 10.1 Å². The highest BCUT2D eigenvalue weighted by Crippen LogP contribution is 2.24. The van der Waals surface area contributed by atoms with E-state index in [1.165, 1.54) is 6.21 Å². The van der Waals surface area contributed by atoms with Gasteiger partial charge in [0.05, 0.1) is 12.8 Å². The maximum atomic E-state index is 9.63. The highest BCUT2D eigenvalue weighted by Gasteiger charge is 2.03. The molecule has 0 atom stereocenters. The Bertz CT molecular complexity index is 649. The van der Waals surface area contributed by atoms with Crippen LogP contribution in [0.3, 0.4) is 0 Å². The third kappa shape index (κ3) is 3.82. The van der Waals surface area contributed by atoms with E-state index in [4.69, 9.17) is 9.94 Å². The van der Waals surface area contributed by atoms with Crippen LogP contribution in [-0.2, 0) is 0 Å². The molecular weight excluding hydrogens is 268 g/mol. The van der Waals surface area contributed by atoms with Crippen LogP contribution in [0, 0.1) is 0 Å². The molecule has 0 fully saturated rings. The SMILES string of the molecule is CCOc1ccc(C(C=Nc2ccccc2O)=NO)cc1. The number of nitrogens with zero attached hydrogens (tertiary/aromatic N) is 2. The first-order valence-electron chi connectivity index (χ1n) is 6.52. The lowest BCUT2D eigenvalue weighted by Gasteiger charge is -2.04. The zero-order valence-corrected chi connectivity index (χ0v) is 11.6. The summed E-state index contributed by atoms with van der Waals surface area (Å²) >= 11 is 0. The molecule has 108 valence electrons. The Morgan fingerprint density at radius 3 is 2.48 bits per heavy atom. The van der Waals surface area contributed by atoms with Crippen LogP contribution in [0.5, 0.6) is 11.5 Å². The fourth-order valence-corrected chi connectivity index (χ4v) is 1.75. The summed E-state index contributed by atoms with van der Waals surface area (Å²) in [4.78, 5) is 4.12. The summed E-state index contributed by atoms with van der Waals surface area (Å²) in [5.41, 5.74) is 1.39. The Balaban J connectivity index is 2.19. The molecule has 0 aromatic heterocycles. The van der Waals surface area contributed by atoms with Gasteiger partial charge in [-0.15, -0.1) is 0 Å². The second-order valence-electron chi connectivity index (χ2n) is 4.19. The van der Waals surface area contributed by atoms with Crippen molar-refractivity contribution in [3.63, 3.8) is 0 Å². The summed E-state index contributed by atoms with van der Waals surface area (Å²) in [6.45, 7) is 2.50. The smallest absolute Gasteiger partial charge is 0.141 e. The Labute approximate surface area is 122 Å². The Morgan fingerprint density at radius 1 is 1.14 bits per heavy atom. The summed E-state index contributed by atoms with van der Waals surface area (Å²) in [7, 11) is 0. The standard InChI is InChI=1S/C16H16N2O3/c1-2-21-13-9-7-12(8-10-13)15(18-20)11-17-14-5-3-4-6-16(14)19/h3-11,19-20H,2H2,1H3. The van der Waals surface area contributed by atoms with E-state index in [2.05, 4.69) is 10.1 Å². The van der Waals surface area contributed by atoms with Crippen molar-refractivity contribution in [3.8, 4) is 11.5 Å². The average molecular weight is 284 g/mol. The Kier molecular flexibility index (Phi) is 4.93. The second-order valence-corrected chi connectivity index (χ2v) is 4.19. The first kappa shape index (κ1) is 14.6. The molecule has 2 aromatic carbocycles. The molecule has 0 aliphatic heterocycles. The van der Waals surface area contributed by atoms with Crippen molar-refractivity contribution < 1.29 is 15.1 Å². The number of rotatable bonds is 5. The number of ether oxygens (including phenoxy) is 1. The number of hydrogen-bond acceptors (Lipinski definition) is 5. The minimum Gasteiger partial charge on any atom is -0.506 e. The number of phenolic OH excluding ortho intramolecular Hbond substituents is 1. The van der Waals surface area contributed by atoms with Crippen molar-refractivity contribution >= 4 is 17.6 Å². The average Bonchev–Trinajstić information content (AvgIpc) is 2.51. The fraction of sp³-hybridized carbons (Fsp3) is 0.125. The third-order valence-electron chi connectivity index (χ3n) is 2.78. The van der Waals surface area contributed by atoms with E-state index >= 15 is 0 Å². The molecule has 2 N–H and O–H groups in total. The molecule has 0 amide bonds. The van der Waals surface area contributed by atoms with Gasteiger partial charge in [0.1, 0.15) is 22.9 Å². The van der Waals surface area contributed by atoms with Crippen molar-refractivity contribution in [1.82, 2.24) is 0 Å². The maximum absolute atomic E-state index is 9.63. The number of aromatic hydroxyl groups is 1. The Morgan fingerprint density at radius 2 is 1.86 bits per heavy atom. The Hall–Kier alpha value is -2.82. The molecule has 0 saturated heterocycles. The quantitative estimate of drug-likeness (QED) is 0.502. The van der Waals surface area contributed by atoms with Crippen LogP contribution in [0.25, 0.3) is 0 Å². The van der Waals surface area contributed by atoms with Crippen LogP contribution < -0.4 is 4.74 Å². The lowest BCUT2D eigenvalue weighted by molar-refractivity contribution is 0.320. The lowest BCUT2D eigenvalue weighted by atomic mass is 10.1. The zero-order chi connectivity index (χ0) is 15.1. The summed E-state index contributed by atoms with van der Waals surface area (Å²) in [5.74, 6) is 0.814. The molecule has 21 heavy (non-hydrogen) atoms. The number of aliphatic imine (C=N–C) groups is 1. The maximum Gasteiger partial charge on any atom is 0.141 e. The zero-order valence-electron chi connectivity index (χ0n) is 11.6. The second kappa shape index (κ2) is 7.09. The number of para-hydroxylation sites is 2. The third-order valence-corrected chi connectivity index (χ3v) is 2.78. The van der Waals surface area contributed by atoms with Crippen molar-refractivity contribution in [1.29, 1.82) is 0 Å². The van der Waals surface area contributed by atoms with E-state index in [1.54, 1.807) is 48.5 Å². The van der Waals surface area contributed by atoms with Gasteiger partial charge in [0, 0.05) is 5.56 Å². The van der Waals surface area contributed by atoms with Crippen LogP contribution >= 0.6 is 0 Å². The predicted molar refractivity (Wildman–Crippen MR) is 82.2 cm³/mol. The molecule has 0 radical (unpaired) electrons. The summed E-state index contributed by atoms with van der Waals surface area (Å²) in [5, 5.41) is 22.0. The molecule has 0 aliphatic carbocycles. The van der Waals surface area contributed by atoms with Crippen LogP contribution in [0.4, 0.5) is 5.69 Å². The molecular formula is C16H16N2O3. The van der Waals surface area contributed by atoms with Crippen molar-refractivity contribution in [2.75, 3.05) is 6.61 Å². The molecule has 5 nitrogen and oxygen atoms in total. The lowest BCUT2D eigenvalue weighted by Crippen LogP contribution is -2.02.